The smallest absolute Gasteiger partial charge is 0.260 e. The van der Waals surface area contributed by atoms with Crippen LogP contribution in [0.3, 0.4) is 0 Å². The first-order valence-electron chi connectivity index (χ1n) is 7.79. The van der Waals surface area contributed by atoms with E-state index in [0.29, 0.717) is 11.2 Å². The second-order valence-corrected chi connectivity index (χ2v) is 5.71. The van der Waals surface area contributed by atoms with E-state index in [-0.39, 0.29) is 5.82 Å². The Morgan fingerprint density at radius 1 is 1.23 bits per heavy atom. The molecule has 0 aromatic carbocycles. The second kappa shape index (κ2) is 6.32. The van der Waals surface area contributed by atoms with Crippen LogP contribution in [0.4, 0.5) is 10.2 Å². The number of nitrogens with zero attached hydrogens (tertiary/aromatic N) is 5. The molecule has 7 nitrogen and oxygen atoms in total. The normalized spacial score (nSPS) is 10.8. The number of rotatable bonds is 3. The van der Waals surface area contributed by atoms with Crippen LogP contribution < -0.4 is 5.32 Å². The Bertz CT molecular complexity index is 1110. The van der Waals surface area contributed by atoms with E-state index in [9.17, 15) is 9.18 Å². The molecule has 0 aliphatic carbocycles. The van der Waals surface area contributed by atoms with E-state index < -0.39 is 11.7 Å². The van der Waals surface area contributed by atoms with Crippen LogP contribution in [0.25, 0.3) is 16.8 Å². The van der Waals surface area contributed by atoms with Crippen LogP contribution in [0, 0.1) is 12.7 Å². The van der Waals surface area contributed by atoms with Gasteiger partial charge in [-0.05, 0) is 36.8 Å². The second-order valence-electron chi connectivity index (χ2n) is 5.71. The number of amides is 1. The van der Waals surface area contributed by atoms with Crippen LogP contribution in [-0.2, 0) is 0 Å². The molecular formula is C18H13FN6O. The van der Waals surface area contributed by atoms with Gasteiger partial charge in [-0.25, -0.2) is 9.37 Å². The number of carbonyl (C=O) groups excluding carboxylic acids is 1. The Kier molecular flexibility index (Phi) is 3.85. The van der Waals surface area contributed by atoms with Gasteiger partial charge in [-0.2, -0.15) is 0 Å². The van der Waals surface area contributed by atoms with Gasteiger partial charge in [0.1, 0.15) is 18.0 Å². The molecule has 0 aliphatic heterocycles. The highest BCUT2D eigenvalue weighted by molar-refractivity contribution is 6.08. The fourth-order valence-corrected chi connectivity index (χ4v) is 2.65. The van der Waals surface area contributed by atoms with Crippen molar-refractivity contribution in [1.82, 2.24) is 24.6 Å². The summed E-state index contributed by atoms with van der Waals surface area (Å²) >= 11 is 0. The first-order chi connectivity index (χ1) is 12.6. The molecule has 0 fully saturated rings. The Hall–Kier alpha value is -3.68. The highest BCUT2D eigenvalue weighted by Crippen LogP contribution is 2.25. The van der Waals surface area contributed by atoms with Gasteiger partial charge in [0, 0.05) is 29.7 Å². The minimum atomic E-state index is -0.475. The topological polar surface area (TPSA) is 85.1 Å². The molecule has 8 heteroatoms. The van der Waals surface area contributed by atoms with E-state index in [4.69, 9.17) is 0 Å². The van der Waals surface area contributed by atoms with E-state index in [1.807, 2.05) is 19.2 Å². The Morgan fingerprint density at radius 3 is 2.88 bits per heavy atom. The average Bonchev–Trinajstić information content (AvgIpc) is 3.11. The van der Waals surface area contributed by atoms with Gasteiger partial charge >= 0.3 is 0 Å². The van der Waals surface area contributed by atoms with Crippen LogP contribution in [0.5, 0.6) is 0 Å². The number of fused-ring (bicyclic) bond motifs is 1. The third-order valence-corrected chi connectivity index (χ3v) is 3.96. The first-order valence-corrected chi connectivity index (χ1v) is 7.79. The summed E-state index contributed by atoms with van der Waals surface area (Å²) in [6, 6.07) is 6.24. The van der Waals surface area contributed by atoms with Crippen molar-refractivity contribution in [1.29, 1.82) is 0 Å². The Morgan fingerprint density at radius 2 is 2.12 bits per heavy atom. The van der Waals surface area contributed by atoms with Crippen LogP contribution in [0.2, 0.25) is 0 Å². The highest BCUT2D eigenvalue weighted by atomic mass is 19.1. The summed E-state index contributed by atoms with van der Waals surface area (Å²) in [5.74, 6) is -0.639. The molecule has 4 aromatic heterocycles. The maximum atomic E-state index is 13.0. The molecule has 1 N–H and O–H groups in total. The van der Waals surface area contributed by atoms with Crippen molar-refractivity contribution < 1.29 is 9.18 Å². The van der Waals surface area contributed by atoms with Gasteiger partial charge in [-0.1, -0.05) is 0 Å². The van der Waals surface area contributed by atoms with Gasteiger partial charge in [-0.15, -0.1) is 10.2 Å². The van der Waals surface area contributed by atoms with Crippen molar-refractivity contribution in [2.24, 2.45) is 0 Å². The van der Waals surface area contributed by atoms with Gasteiger partial charge < -0.3 is 5.32 Å². The molecule has 0 saturated heterocycles. The van der Waals surface area contributed by atoms with Crippen molar-refractivity contribution >= 4 is 17.4 Å². The van der Waals surface area contributed by atoms with Gasteiger partial charge in [0.05, 0.1) is 11.8 Å². The fraction of sp³-hybridized carbons (Fsp3) is 0.0556. The third kappa shape index (κ3) is 2.88. The molecule has 0 unspecified atom stereocenters. The summed E-state index contributed by atoms with van der Waals surface area (Å²) in [5, 5.41) is 10.5. The van der Waals surface area contributed by atoms with Crippen molar-refractivity contribution in [2.45, 2.75) is 6.92 Å². The summed E-state index contributed by atoms with van der Waals surface area (Å²) < 4.78 is 14.7. The fourth-order valence-electron chi connectivity index (χ4n) is 2.65. The van der Waals surface area contributed by atoms with E-state index >= 15 is 0 Å². The first kappa shape index (κ1) is 15.8. The molecule has 4 rings (SSSR count). The molecule has 0 atom stereocenters. The van der Waals surface area contributed by atoms with Crippen molar-refractivity contribution in [3.05, 3.63) is 72.3 Å². The molecule has 128 valence electrons. The largest absolute Gasteiger partial charge is 0.306 e. The lowest BCUT2D eigenvalue weighted by Gasteiger charge is -2.10. The molecule has 0 bridgehead atoms. The Balaban J connectivity index is 1.78. The van der Waals surface area contributed by atoms with E-state index in [0.717, 1.165) is 22.9 Å². The van der Waals surface area contributed by atoms with Gasteiger partial charge in [0.2, 0.25) is 0 Å². The molecule has 0 spiro atoms. The van der Waals surface area contributed by atoms with E-state index in [2.05, 4.69) is 25.5 Å². The third-order valence-electron chi connectivity index (χ3n) is 3.96. The zero-order valence-corrected chi connectivity index (χ0v) is 13.7. The molecule has 0 saturated carbocycles. The summed E-state index contributed by atoms with van der Waals surface area (Å²) in [7, 11) is 0. The number of hydrogen-bond acceptors (Lipinski definition) is 5. The molecule has 1 amide bonds. The minimum Gasteiger partial charge on any atom is -0.306 e. The van der Waals surface area contributed by atoms with Gasteiger partial charge in [0.15, 0.2) is 5.65 Å². The maximum absolute atomic E-state index is 13.0. The summed E-state index contributed by atoms with van der Waals surface area (Å²) in [6.07, 6.45) is 7.86. The number of pyridine rings is 3. The van der Waals surface area contributed by atoms with E-state index in [1.165, 1.54) is 18.5 Å². The van der Waals surface area contributed by atoms with Gasteiger partial charge in [-0.3, -0.25) is 14.2 Å². The number of aryl methyl sites for hydroxylation is 1. The van der Waals surface area contributed by atoms with E-state index in [1.54, 1.807) is 22.9 Å². The summed E-state index contributed by atoms with van der Waals surface area (Å²) in [5.41, 5.74) is 3.47. The standard InChI is InChI=1S/C18H13FN6O/c1-11-4-5-20-8-15(11)12-6-14(17-24-22-10-25(17)9-12)18(26)23-16-3-2-13(19)7-21-16/h2-10H,1H3,(H,21,23,26). The van der Waals surface area contributed by atoms with Crippen LogP contribution in [0.15, 0.2) is 55.4 Å². The Labute approximate surface area is 147 Å². The lowest BCUT2D eigenvalue weighted by molar-refractivity contribution is 0.102. The lowest BCUT2D eigenvalue weighted by atomic mass is 10.0. The molecule has 4 aromatic rings. The number of nitrogens with one attached hydrogen (secondary N) is 1. The molecule has 26 heavy (non-hydrogen) atoms. The number of anilines is 1. The summed E-state index contributed by atoms with van der Waals surface area (Å²) in [6.45, 7) is 1.97. The number of hydrogen-bond donors (Lipinski definition) is 1. The predicted molar refractivity (Wildman–Crippen MR) is 93.1 cm³/mol. The van der Waals surface area contributed by atoms with Crippen molar-refractivity contribution in [3.63, 3.8) is 0 Å². The van der Waals surface area contributed by atoms with Crippen molar-refractivity contribution in [2.75, 3.05) is 5.32 Å². The number of halogens is 1. The minimum absolute atomic E-state index is 0.247. The van der Waals surface area contributed by atoms with Crippen LogP contribution in [-0.4, -0.2) is 30.5 Å². The SMILES string of the molecule is Cc1ccncc1-c1cc(C(=O)Nc2ccc(F)cn2)c2nncn2c1. The number of aromatic nitrogens is 5. The monoisotopic (exact) mass is 348 g/mol. The predicted octanol–water partition coefficient (Wildman–Crippen LogP) is 2.89. The van der Waals surface area contributed by atoms with Gasteiger partial charge in [0.25, 0.3) is 5.91 Å². The molecule has 0 radical (unpaired) electrons. The molecule has 4 heterocycles. The maximum Gasteiger partial charge on any atom is 0.260 e. The quantitative estimate of drug-likeness (QED) is 0.615. The number of carbonyl (C=O) groups is 1. The van der Waals surface area contributed by atoms with Crippen LogP contribution in [0.1, 0.15) is 15.9 Å². The molecular weight excluding hydrogens is 335 g/mol. The average molecular weight is 348 g/mol. The molecule has 0 aliphatic rings. The summed E-state index contributed by atoms with van der Waals surface area (Å²) in [4.78, 5) is 20.7. The highest BCUT2D eigenvalue weighted by Gasteiger charge is 2.16. The van der Waals surface area contributed by atoms with Crippen LogP contribution >= 0.6 is 0 Å². The lowest BCUT2D eigenvalue weighted by Crippen LogP contribution is -2.14. The van der Waals surface area contributed by atoms with Crippen molar-refractivity contribution in [3.8, 4) is 11.1 Å². The zero-order valence-electron chi connectivity index (χ0n) is 13.7. The zero-order chi connectivity index (χ0) is 18.1.